The van der Waals surface area contributed by atoms with E-state index < -0.39 is 0 Å². The fraction of sp³-hybridized carbons (Fsp3) is 0.208. The summed E-state index contributed by atoms with van der Waals surface area (Å²) in [6.07, 6.45) is 10.4. The molecule has 0 aromatic heterocycles. The van der Waals surface area contributed by atoms with Crippen molar-refractivity contribution < 1.29 is 14.3 Å². The molecule has 0 N–H and O–H groups in total. The molecule has 0 aliphatic carbocycles. The third-order valence-electron chi connectivity index (χ3n) is 4.05. The first kappa shape index (κ1) is 20.9. The lowest BCUT2D eigenvalue weighted by atomic mass is 10.1. The minimum absolute atomic E-state index is 0.149. The molecule has 144 valence electrons. The molecule has 2 rings (SSSR count). The summed E-state index contributed by atoms with van der Waals surface area (Å²) in [7, 11) is 1.57. The lowest BCUT2D eigenvalue weighted by molar-refractivity contribution is -0.125. The van der Waals surface area contributed by atoms with Gasteiger partial charge in [-0.15, -0.1) is 6.42 Å². The van der Waals surface area contributed by atoms with Crippen LogP contribution in [0.1, 0.15) is 16.7 Å². The molecular weight excluding hydrogens is 350 g/mol. The molecule has 1 amide bonds. The normalized spacial score (nSPS) is 10.3. The van der Waals surface area contributed by atoms with Crippen LogP contribution in [0.3, 0.4) is 0 Å². The number of benzene rings is 2. The van der Waals surface area contributed by atoms with Gasteiger partial charge in [0.2, 0.25) is 5.91 Å². The number of rotatable bonds is 9. The predicted molar refractivity (Wildman–Crippen MR) is 113 cm³/mol. The summed E-state index contributed by atoms with van der Waals surface area (Å²) in [6, 6.07) is 13.5. The Hall–Kier alpha value is -3.45. The highest BCUT2D eigenvalue weighted by Crippen LogP contribution is 2.28. The number of terminal acetylenes is 1. The lowest BCUT2D eigenvalue weighted by Crippen LogP contribution is -2.29. The first-order valence-electron chi connectivity index (χ1n) is 8.95. The van der Waals surface area contributed by atoms with E-state index in [4.69, 9.17) is 15.9 Å². The van der Waals surface area contributed by atoms with Crippen LogP contribution in [-0.4, -0.2) is 31.1 Å². The van der Waals surface area contributed by atoms with Crippen molar-refractivity contribution in [2.75, 3.05) is 20.3 Å². The van der Waals surface area contributed by atoms with E-state index in [2.05, 4.69) is 12.5 Å². The van der Waals surface area contributed by atoms with Gasteiger partial charge in [0, 0.05) is 12.6 Å². The standard InChI is InChI=1S/C24H25NO3/c1-5-15-25(18-21-9-7-19(3)8-10-21)24(26)14-12-20-11-13-22(28-16-6-2)23(17-20)27-4/h1,6-14,17H,2,15-16,18H2,3-4H3/b14-12+. The largest absolute Gasteiger partial charge is 0.493 e. The zero-order valence-corrected chi connectivity index (χ0v) is 16.4. The fourth-order valence-electron chi connectivity index (χ4n) is 2.56. The third kappa shape index (κ3) is 6.07. The van der Waals surface area contributed by atoms with Crippen LogP contribution in [0, 0.1) is 19.3 Å². The van der Waals surface area contributed by atoms with Crippen LogP contribution in [0.25, 0.3) is 6.08 Å². The van der Waals surface area contributed by atoms with Gasteiger partial charge in [0.25, 0.3) is 0 Å². The summed E-state index contributed by atoms with van der Waals surface area (Å²) in [5, 5.41) is 0. The minimum atomic E-state index is -0.149. The Kier molecular flexibility index (Phi) is 7.92. The molecule has 2 aromatic rings. The number of carbonyl (C=O) groups is 1. The molecule has 0 spiro atoms. The Labute approximate surface area is 167 Å². The molecule has 0 fully saturated rings. The van der Waals surface area contributed by atoms with Gasteiger partial charge in [-0.2, -0.15) is 0 Å². The quantitative estimate of drug-likeness (QED) is 0.374. The van der Waals surface area contributed by atoms with Crippen molar-refractivity contribution in [1.82, 2.24) is 4.90 Å². The van der Waals surface area contributed by atoms with E-state index in [-0.39, 0.29) is 12.5 Å². The summed E-state index contributed by atoms with van der Waals surface area (Å²) in [4.78, 5) is 14.2. The van der Waals surface area contributed by atoms with Crippen molar-refractivity contribution in [1.29, 1.82) is 0 Å². The van der Waals surface area contributed by atoms with Crippen LogP contribution in [0.4, 0.5) is 0 Å². The number of hydrogen-bond donors (Lipinski definition) is 0. The number of nitrogens with zero attached hydrogens (tertiary/aromatic N) is 1. The van der Waals surface area contributed by atoms with Crippen LogP contribution in [0.15, 0.2) is 61.2 Å². The monoisotopic (exact) mass is 375 g/mol. The first-order valence-corrected chi connectivity index (χ1v) is 8.95. The molecule has 0 aliphatic heterocycles. The zero-order chi connectivity index (χ0) is 20.4. The summed E-state index contributed by atoms with van der Waals surface area (Å²) >= 11 is 0. The van der Waals surface area contributed by atoms with Gasteiger partial charge in [-0.3, -0.25) is 4.79 Å². The number of aryl methyl sites for hydroxylation is 1. The molecule has 2 aromatic carbocycles. The number of methoxy groups -OCH3 is 1. The number of amides is 1. The van der Waals surface area contributed by atoms with Crippen molar-refractivity contribution in [2.24, 2.45) is 0 Å². The molecule has 0 bridgehead atoms. The fourth-order valence-corrected chi connectivity index (χ4v) is 2.56. The molecular formula is C24H25NO3. The van der Waals surface area contributed by atoms with E-state index in [9.17, 15) is 4.79 Å². The number of carbonyl (C=O) groups excluding carboxylic acids is 1. The summed E-state index contributed by atoms with van der Waals surface area (Å²) < 4.78 is 10.9. The molecule has 4 heteroatoms. The van der Waals surface area contributed by atoms with Crippen LogP contribution in [0.2, 0.25) is 0 Å². The molecule has 4 nitrogen and oxygen atoms in total. The van der Waals surface area contributed by atoms with Crippen LogP contribution >= 0.6 is 0 Å². The van der Waals surface area contributed by atoms with Gasteiger partial charge in [-0.25, -0.2) is 0 Å². The first-order chi connectivity index (χ1) is 13.6. The second kappa shape index (κ2) is 10.6. The van der Waals surface area contributed by atoms with E-state index in [1.54, 1.807) is 30.2 Å². The smallest absolute Gasteiger partial charge is 0.247 e. The predicted octanol–water partition coefficient (Wildman–Crippen LogP) is 4.24. The van der Waals surface area contributed by atoms with Crippen LogP contribution in [0.5, 0.6) is 11.5 Å². The van der Waals surface area contributed by atoms with Gasteiger partial charge in [0.15, 0.2) is 11.5 Å². The van der Waals surface area contributed by atoms with Crippen molar-refractivity contribution in [2.45, 2.75) is 13.5 Å². The Bertz CT molecular complexity index is 876. The average molecular weight is 375 g/mol. The molecule has 0 saturated heterocycles. The van der Waals surface area contributed by atoms with Gasteiger partial charge >= 0.3 is 0 Å². The van der Waals surface area contributed by atoms with E-state index >= 15 is 0 Å². The third-order valence-corrected chi connectivity index (χ3v) is 4.05. The molecule has 28 heavy (non-hydrogen) atoms. The Morgan fingerprint density at radius 2 is 1.96 bits per heavy atom. The number of ether oxygens (including phenoxy) is 2. The second-order valence-corrected chi connectivity index (χ2v) is 6.23. The van der Waals surface area contributed by atoms with Crippen molar-refractivity contribution >= 4 is 12.0 Å². The van der Waals surface area contributed by atoms with E-state index in [0.717, 1.165) is 11.1 Å². The maximum Gasteiger partial charge on any atom is 0.247 e. The van der Waals surface area contributed by atoms with Crippen LogP contribution in [-0.2, 0) is 11.3 Å². The number of hydrogen-bond acceptors (Lipinski definition) is 3. The zero-order valence-electron chi connectivity index (χ0n) is 16.4. The highest BCUT2D eigenvalue weighted by molar-refractivity contribution is 5.92. The highest BCUT2D eigenvalue weighted by atomic mass is 16.5. The Balaban J connectivity index is 2.11. The molecule has 0 atom stereocenters. The average Bonchev–Trinajstić information content (AvgIpc) is 2.71. The van der Waals surface area contributed by atoms with Gasteiger partial charge in [0.05, 0.1) is 13.7 Å². The van der Waals surface area contributed by atoms with E-state index in [1.807, 2.05) is 43.3 Å². The highest BCUT2D eigenvalue weighted by Gasteiger charge is 2.10. The SMILES string of the molecule is C#CCN(Cc1ccc(C)cc1)C(=O)/C=C/c1ccc(OCC=C)c(OC)c1. The second-order valence-electron chi connectivity index (χ2n) is 6.23. The molecule has 0 heterocycles. The molecule has 0 saturated carbocycles. The lowest BCUT2D eigenvalue weighted by Gasteiger charge is -2.18. The maximum absolute atomic E-state index is 12.6. The van der Waals surface area contributed by atoms with Gasteiger partial charge < -0.3 is 14.4 Å². The van der Waals surface area contributed by atoms with E-state index in [0.29, 0.717) is 24.7 Å². The van der Waals surface area contributed by atoms with Crippen molar-refractivity contribution in [3.8, 4) is 23.8 Å². The molecule has 0 unspecified atom stereocenters. The van der Waals surface area contributed by atoms with Gasteiger partial charge in [-0.05, 0) is 36.3 Å². The topological polar surface area (TPSA) is 38.8 Å². The van der Waals surface area contributed by atoms with Gasteiger partial charge in [-0.1, -0.05) is 54.5 Å². The van der Waals surface area contributed by atoms with Crippen molar-refractivity contribution in [3.63, 3.8) is 0 Å². The van der Waals surface area contributed by atoms with Gasteiger partial charge in [0.1, 0.15) is 6.61 Å². The molecule has 0 aliphatic rings. The summed E-state index contributed by atoms with van der Waals surface area (Å²) in [5.41, 5.74) is 3.04. The Morgan fingerprint density at radius 3 is 2.61 bits per heavy atom. The molecule has 0 radical (unpaired) electrons. The summed E-state index contributed by atoms with van der Waals surface area (Å²) in [6.45, 7) is 6.76. The van der Waals surface area contributed by atoms with Crippen LogP contribution < -0.4 is 9.47 Å². The van der Waals surface area contributed by atoms with Crippen molar-refractivity contribution in [3.05, 3.63) is 77.9 Å². The Morgan fingerprint density at radius 1 is 1.21 bits per heavy atom. The summed E-state index contributed by atoms with van der Waals surface area (Å²) in [5.74, 6) is 3.62. The maximum atomic E-state index is 12.6. The minimum Gasteiger partial charge on any atom is -0.493 e. The van der Waals surface area contributed by atoms with E-state index in [1.165, 1.54) is 11.6 Å².